The van der Waals surface area contributed by atoms with Gasteiger partial charge in [-0.25, -0.2) is 5.43 Å². The van der Waals surface area contributed by atoms with E-state index in [0.717, 1.165) is 11.4 Å². The molecular weight excluding hydrogens is 403 g/mol. The van der Waals surface area contributed by atoms with E-state index in [1.807, 2.05) is 50.2 Å². The summed E-state index contributed by atoms with van der Waals surface area (Å²) >= 11 is 2.28. The topological polar surface area (TPSA) is 66.4 Å². The number of hydrogen-bond acceptors (Lipinski definition) is 4. The minimum absolute atomic E-state index is 0.204. The van der Waals surface area contributed by atoms with E-state index in [0.29, 0.717) is 5.69 Å². The molecule has 0 radical (unpaired) electrons. The number of rotatable bonds is 5. The second-order valence-corrected chi connectivity index (χ2v) is 6.43. The van der Waals surface area contributed by atoms with Gasteiger partial charge >= 0.3 is 0 Å². The van der Waals surface area contributed by atoms with Crippen LogP contribution in [0.4, 0.5) is 5.69 Å². The molecule has 2 N–H and O–H groups in total. The average Bonchev–Trinajstić information content (AvgIpc) is 2.51. The van der Waals surface area contributed by atoms with Gasteiger partial charge in [-0.2, -0.15) is 5.10 Å². The molecule has 2 aromatic rings. The summed E-state index contributed by atoms with van der Waals surface area (Å²) in [5, 5.41) is 7.11. The Kier molecular flexibility index (Phi) is 6.09. The highest BCUT2D eigenvalue weighted by atomic mass is 127. The molecular formula is C17H19IN4O. The number of aromatic nitrogens is 1. The zero-order valence-electron chi connectivity index (χ0n) is 13.3. The molecule has 0 aliphatic carbocycles. The predicted molar refractivity (Wildman–Crippen MR) is 102 cm³/mol. The van der Waals surface area contributed by atoms with Crippen molar-refractivity contribution in [2.24, 2.45) is 5.10 Å². The molecule has 0 fully saturated rings. The molecule has 0 bridgehead atoms. The summed E-state index contributed by atoms with van der Waals surface area (Å²) in [6, 6.07) is 11.2. The fourth-order valence-electron chi connectivity index (χ4n) is 1.94. The van der Waals surface area contributed by atoms with Gasteiger partial charge in [-0.15, -0.1) is 0 Å². The van der Waals surface area contributed by atoms with Gasteiger partial charge in [0, 0.05) is 15.0 Å². The Hall–Kier alpha value is -1.96. The molecule has 1 atom stereocenters. The third-order valence-corrected chi connectivity index (χ3v) is 4.43. The summed E-state index contributed by atoms with van der Waals surface area (Å²) in [6.07, 6.45) is 1.53. The second kappa shape index (κ2) is 8.05. The number of carbonyl (C=O) groups is 1. The summed E-state index contributed by atoms with van der Waals surface area (Å²) < 4.78 is 1.19. The van der Waals surface area contributed by atoms with Crippen LogP contribution in [0, 0.1) is 17.4 Å². The predicted octanol–water partition coefficient (Wildman–Crippen LogP) is 3.25. The molecule has 1 unspecified atom stereocenters. The van der Waals surface area contributed by atoms with E-state index in [1.54, 1.807) is 6.92 Å². The number of hydrogen-bond donors (Lipinski definition) is 2. The lowest BCUT2D eigenvalue weighted by atomic mass is 10.2. The number of nitrogens with one attached hydrogen (secondary N) is 2. The molecule has 1 amide bonds. The van der Waals surface area contributed by atoms with Gasteiger partial charge in [0.2, 0.25) is 0 Å². The number of anilines is 1. The number of nitrogens with zero attached hydrogens (tertiary/aromatic N) is 2. The van der Waals surface area contributed by atoms with Gasteiger partial charge in [-0.05, 0) is 79.3 Å². The van der Waals surface area contributed by atoms with Crippen LogP contribution in [0.15, 0.2) is 41.5 Å². The fourth-order valence-corrected chi connectivity index (χ4v) is 2.28. The lowest BCUT2D eigenvalue weighted by molar-refractivity contribution is -0.121. The first-order chi connectivity index (χ1) is 11.0. The van der Waals surface area contributed by atoms with Crippen LogP contribution in [0.25, 0.3) is 0 Å². The summed E-state index contributed by atoms with van der Waals surface area (Å²) in [5.74, 6) is -0.204. The van der Waals surface area contributed by atoms with Crippen LogP contribution in [0.3, 0.4) is 0 Å². The van der Waals surface area contributed by atoms with E-state index < -0.39 is 6.04 Å². The van der Waals surface area contributed by atoms with Gasteiger partial charge in [-0.3, -0.25) is 9.78 Å². The van der Waals surface area contributed by atoms with Gasteiger partial charge < -0.3 is 5.32 Å². The molecule has 0 spiro atoms. The lowest BCUT2D eigenvalue weighted by Crippen LogP contribution is -2.34. The van der Waals surface area contributed by atoms with Gasteiger partial charge in [0.25, 0.3) is 5.91 Å². The van der Waals surface area contributed by atoms with Crippen LogP contribution >= 0.6 is 22.6 Å². The first-order valence-corrected chi connectivity index (χ1v) is 8.33. The minimum Gasteiger partial charge on any atom is -0.374 e. The highest BCUT2D eigenvalue weighted by molar-refractivity contribution is 14.1. The van der Waals surface area contributed by atoms with Crippen molar-refractivity contribution in [2.75, 3.05) is 5.32 Å². The quantitative estimate of drug-likeness (QED) is 0.442. The maximum absolute atomic E-state index is 12.0. The van der Waals surface area contributed by atoms with Crippen LogP contribution < -0.4 is 10.7 Å². The number of hydrazone groups is 1. The Balaban J connectivity index is 1.90. The molecule has 0 saturated carbocycles. The zero-order valence-corrected chi connectivity index (χ0v) is 15.5. The van der Waals surface area contributed by atoms with E-state index in [2.05, 4.69) is 43.4 Å². The lowest BCUT2D eigenvalue weighted by Gasteiger charge is -2.14. The number of carbonyl (C=O) groups excluding carboxylic acids is 1. The standard InChI is InChI=1S/C17H19IN4O/c1-11-9-14(7-8-16(11)18)21-13(3)17(23)22-19-10-15-6-4-5-12(2)20-15/h4-10,13,21H,1-3H3,(H,22,23)/b19-10+. The van der Waals surface area contributed by atoms with Crippen LogP contribution in [-0.4, -0.2) is 23.1 Å². The van der Waals surface area contributed by atoms with Crippen molar-refractivity contribution in [3.05, 3.63) is 56.9 Å². The Labute approximate surface area is 149 Å². The van der Waals surface area contributed by atoms with Crippen LogP contribution in [-0.2, 0) is 4.79 Å². The number of benzene rings is 1. The van der Waals surface area contributed by atoms with Gasteiger partial charge in [0.1, 0.15) is 6.04 Å². The van der Waals surface area contributed by atoms with Crippen molar-refractivity contribution in [3.63, 3.8) is 0 Å². The number of aryl methyl sites for hydroxylation is 2. The Morgan fingerprint density at radius 2 is 2.09 bits per heavy atom. The highest BCUT2D eigenvalue weighted by Gasteiger charge is 2.11. The minimum atomic E-state index is -0.392. The third kappa shape index (κ3) is 5.31. The monoisotopic (exact) mass is 422 g/mol. The number of amides is 1. The number of pyridine rings is 1. The van der Waals surface area contributed by atoms with Crippen molar-refractivity contribution >= 4 is 40.4 Å². The van der Waals surface area contributed by atoms with E-state index in [-0.39, 0.29) is 5.91 Å². The van der Waals surface area contributed by atoms with Gasteiger partial charge in [-0.1, -0.05) is 6.07 Å². The van der Waals surface area contributed by atoms with Crippen LogP contribution in [0.1, 0.15) is 23.9 Å². The van der Waals surface area contributed by atoms with E-state index >= 15 is 0 Å². The molecule has 5 nitrogen and oxygen atoms in total. The molecule has 120 valence electrons. The summed E-state index contributed by atoms with van der Waals surface area (Å²) in [7, 11) is 0. The molecule has 0 aliphatic rings. The molecule has 1 heterocycles. The van der Waals surface area contributed by atoms with Crippen molar-refractivity contribution in [3.8, 4) is 0 Å². The summed E-state index contributed by atoms with van der Waals surface area (Å²) in [4.78, 5) is 16.3. The first-order valence-electron chi connectivity index (χ1n) is 7.25. The normalized spacial score (nSPS) is 12.2. The Bertz CT molecular complexity index is 730. The van der Waals surface area contributed by atoms with Crippen LogP contribution in [0.5, 0.6) is 0 Å². The maximum atomic E-state index is 12.0. The van der Waals surface area contributed by atoms with E-state index in [9.17, 15) is 4.79 Å². The van der Waals surface area contributed by atoms with Crippen molar-refractivity contribution in [1.29, 1.82) is 0 Å². The fraction of sp³-hybridized carbons (Fsp3) is 0.235. The van der Waals surface area contributed by atoms with Gasteiger partial charge in [0.15, 0.2) is 0 Å². The van der Waals surface area contributed by atoms with Crippen molar-refractivity contribution in [2.45, 2.75) is 26.8 Å². The summed E-state index contributed by atoms with van der Waals surface area (Å²) in [5.41, 5.74) is 6.22. The molecule has 0 aliphatic heterocycles. The third-order valence-electron chi connectivity index (χ3n) is 3.22. The van der Waals surface area contributed by atoms with E-state index in [1.165, 1.54) is 15.3 Å². The molecule has 6 heteroatoms. The van der Waals surface area contributed by atoms with Crippen molar-refractivity contribution in [1.82, 2.24) is 10.4 Å². The first kappa shape index (κ1) is 17.4. The van der Waals surface area contributed by atoms with Crippen molar-refractivity contribution < 1.29 is 4.79 Å². The van der Waals surface area contributed by atoms with E-state index in [4.69, 9.17) is 0 Å². The highest BCUT2D eigenvalue weighted by Crippen LogP contribution is 2.17. The smallest absolute Gasteiger partial charge is 0.262 e. The average molecular weight is 422 g/mol. The number of halogens is 1. The molecule has 1 aromatic heterocycles. The Morgan fingerprint density at radius 3 is 2.78 bits per heavy atom. The Morgan fingerprint density at radius 1 is 1.30 bits per heavy atom. The molecule has 2 rings (SSSR count). The second-order valence-electron chi connectivity index (χ2n) is 5.27. The largest absolute Gasteiger partial charge is 0.374 e. The zero-order chi connectivity index (χ0) is 16.8. The van der Waals surface area contributed by atoms with Gasteiger partial charge in [0.05, 0.1) is 11.9 Å². The van der Waals surface area contributed by atoms with Crippen LogP contribution in [0.2, 0.25) is 0 Å². The molecule has 1 aromatic carbocycles. The molecule has 23 heavy (non-hydrogen) atoms. The molecule has 0 saturated heterocycles. The summed E-state index contributed by atoms with van der Waals surface area (Å²) in [6.45, 7) is 5.74. The maximum Gasteiger partial charge on any atom is 0.262 e. The SMILES string of the molecule is Cc1cccc(/C=N/NC(=O)C(C)Nc2ccc(I)c(C)c2)n1.